The molecule has 0 saturated carbocycles. The van der Waals surface area contributed by atoms with Gasteiger partial charge in [0.2, 0.25) is 0 Å². The molecule has 4 rings (SSSR count). The first-order valence-electron chi connectivity index (χ1n) is 6.78. The summed E-state index contributed by atoms with van der Waals surface area (Å²) in [5, 5.41) is 4.62. The zero-order valence-corrected chi connectivity index (χ0v) is 11.0. The Morgan fingerprint density at radius 2 is 1.80 bits per heavy atom. The van der Waals surface area contributed by atoms with E-state index in [1.165, 1.54) is 22.1 Å². The summed E-state index contributed by atoms with van der Waals surface area (Å²) in [7, 11) is 0. The Bertz CT molecular complexity index is 805. The van der Waals surface area contributed by atoms with Crippen molar-refractivity contribution in [3.05, 3.63) is 83.7 Å². The summed E-state index contributed by atoms with van der Waals surface area (Å²) in [5.74, 6) is 0. The van der Waals surface area contributed by atoms with Crippen LogP contribution in [0.4, 0.5) is 0 Å². The molecular weight excluding hydrogens is 244 g/mol. The zero-order chi connectivity index (χ0) is 13.4. The molecule has 1 aromatic heterocycles. The Hall–Kier alpha value is -2.61. The van der Waals surface area contributed by atoms with Crippen LogP contribution in [0.3, 0.4) is 0 Å². The molecule has 0 aliphatic carbocycles. The maximum absolute atomic E-state index is 4.57. The van der Waals surface area contributed by atoms with E-state index in [9.17, 15) is 0 Å². The van der Waals surface area contributed by atoms with E-state index in [2.05, 4.69) is 58.8 Å². The third-order valence-electron chi connectivity index (χ3n) is 3.78. The Labute approximate surface area is 117 Å². The minimum absolute atomic E-state index is 0.174. The van der Waals surface area contributed by atoms with Crippen LogP contribution in [0.1, 0.15) is 22.7 Å². The van der Waals surface area contributed by atoms with Gasteiger partial charge in [0.15, 0.2) is 0 Å². The number of aromatic nitrogens is 1. The van der Waals surface area contributed by atoms with E-state index in [1.807, 2.05) is 24.5 Å². The minimum atomic E-state index is 0.174. The molecule has 1 atom stereocenters. The van der Waals surface area contributed by atoms with E-state index in [0.29, 0.717) is 0 Å². The van der Waals surface area contributed by atoms with E-state index in [0.717, 1.165) is 5.52 Å². The minimum Gasteiger partial charge on any atom is -0.380 e. The van der Waals surface area contributed by atoms with Gasteiger partial charge in [-0.25, -0.2) is 0 Å². The molecule has 2 heterocycles. The first-order chi connectivity index (χ1) is 9.92. The molecule has 0 saturated heterocycles. The third-order valence-corrected chi connectivity index (χ3v) is 3.78. The van der Waals surface area contributed by atoms with Crippen LogP contribution in [-0.2, 0) is 0 Å². The predicted octanol–water partition coefficient (Wildman–Crippen LogP) is 3.90. The van der Waals surface area contributed by atoms with Crippen molar-refractivity contribution in [2.75, 3.05) is 0 Å². The second-order valence-electron chi connectivity index (χ2n) is 5.02. The lowest BCUT2D eigenvalue weighted by Crippen LogP contribution is -2.20. The summed E-state index contributed by atoms with van der Waals surface area (Å²) in [6, 6.07) is 19.1. The van der Waals surface area contributed by atoms with E-state index < -0.39 is 0 Å². The van der Waals surface area contributed by atoms with Crippen LogP contribution in [0.15, 0.2) is 67.0 Å². The Kier molecular flexibility index (Phi) is 2.52. The lowest BCUT2D eigenvalue weighted by Gasteiger charge is -2.24. The third kappa shape index (κ3) is 1.77. The zero-order valence-electron chi connectivity index (χ0n) is 11.0. The number of para-hydroxylation sites is 1. The van der Waals surface area contributed by atoms with Gasteiger partial charge in [-0.15, -0.1) is 0 Å². The van der Waals surface area contributed by atoms with Crippen LogP contribution in [-0.4, -0.2) is 4.98 Å². The van der Waals surface area contributed by atoms with E-state index in [4.69, 9.17) is 0 Å². The van der Waals surface area contributed by atoms with Crippen LogP contribution in [0.5, 0.6) is 0 Å². The molecule has 96 valence electrons. The second-order valence-corrected chi connectivity index (χ2v) is 5.02. The monoisotopic (exact) mass is 258 g/mol. The number of nitrogens with zero attached hydrogens (tertiary/aromatic N) is 1. The van der Waals surface area contributed by atoms with Gasteiger partial charge < -0.3 is 5.32 Å². The van der Waals surface area contributed by atoms with Gasteiger partial charge in [0.1, 0.15) is 0 Å². The first kappa shape index (κ1) is 11.2. The standard InChI is InChI=1S/C18H14N2/c1-3-7-16-13(5-1)9-10-19-18(16)15-11-14-6-2-4-8-17(14)20-12-15/h1-12,18-19H. The molecule has 0 spiro atoms. The highest BCUT2D eigenvalue weighted by molar-refractivity contribution is 5.79. The van der Waals surface area contributed by atoms with Gasteiger partial charge in [-0.1, -0.05) is 42.5 Å². The Morgan fingerprint density at radius 3 is 2.80 bits per heavy atom. The average molecular weight is 258 g/mol. The SMILES string of the molecule is C1=Cc2ccccc2C(c2cnc3ccccc3c2)N1. The number of fused-ring (bicyclic) bond motifs is 2. The normalized spacial score (nSPS) is 16.7. The van der Waals surface area contributed by atoms with Gasteiger partial charge in [0.25, 0.3) is 0 Å². The number of benzene rings is 2. The molecule has 1 N–H and O–H groups in total. The second kappa shape index (κ2) is 4.49. The number of hydrogen-bond donors (Lipinski definition) is 1. The quantitative estimate of drug-likeness (QED) is 0.716. The van der Waals surface area contributed by atoms with Gasteiger partial charge >= 0.3 is 0 Å². The molecule has 1 aliphatic rings. The van der Waals surface area contributed by atoms with E-state index in [1.54, 1.807) is 0 Å². The summed E-state index contributed by atoms with van der Waals surface area (Å²) < 4.78 is 0. The summed E-state index contributed by atoms with van der Waals surface area (Å²) in [6.45, 7) is 0. The van der Waals surface area contributed by atoms with Crippen molar-refractivity contribution in [3.63, 3.8) is 0 Å². The maximum atomic E-state index is 4.57. The van der Waals surface area contributed by atoms with E-state index >= 15 is 0 Å². The highest BCUT2D eigenvalue weighted by Crippen LogP contribution is 2.29. The fourth-order valence-electron chi connectivity index (χ4n) is 2.77. The van der Waals surface area contributed by atoms with E-state index in [-0.39, 0.29) is 6.04 Å². The van der Waals surface area contributed by atoms with Gasteiger partial charge in [0.05, 0.1) is 11.6 Å². The number of rotatable bonds is 1. The van der Waals surface area contributed by atoms with Crippen LogP contribution in [0, 0.1) is 0 Å². The van der Waals surface area contributed by atoms with Crippen molar-refractivity contribution >= 4 is 17.0 Å². The van der Waals surface area contributed by atoms with Crippen LogP contribution >= 0.6 is 0 Å². The van der Waals surface area contributed by atoms with Gasteiger partial charge in [-0.3, -0.25) is 4.98 Å². The van der Waals surface area contributed by atoms with Gasteiger partial charge in [-0.05, 0) is 41.1 Å². The summed E-state index contributed by atoms with van der Waals surface area (Å²) in [4.78, 5) is 4.57. The fraction of sp³-hybridized carbons (Fsp3) is 0.0556. The molecule has 2 aromatic carbocycles. The molecule has 0 amide bonds. The number of pyridine rings is 1. The fourth-order valence-corrected chi connectivity index (χ4v) is 2.77. The van der Waals surface area contributed by atoms with Crippen molar-refractivity contribution < 1.29 is 0 Å². The molecule has 2 nitrogen and oxygen atoms in total. The smallest absolute Gasteiger partial charge is 0.0783 e. The average Bonchev–Trinajstić information content (AvgIpc) is 2.54. The van der Waals surface area contributed by atoms with Crippen molar-refractivity contribution in [2.45, 2.75) is 6.04 Å². The van der Waals surface area contributed by atoms with Gasteiger partial charge in [0, 0.05) is 11.6 Å². The Balaban J connectivity index is 1.85. The van der Waals surface area contributed by atoms with Crippen LogP contribution in [0.25, 0.3) is 17.0 Å². The topological polar surface area (TPSA) is 24.9 Å². The highest BCUT2D eigenvalue weighted by atomic mass is 14.9. The van der Waals surface area contributed by atoms with Crippen molar-refractivity contribution in [3.8, 4) is 0 Å². The lowest BCUT2D eigenvalue weighted by molar-refractivity contribution is 0.719. The Morgan fingerprint density at radius 1 is 0.950 bits per heavy atom. The summed E-state index contributed by atoms with van der Waals surface area (Å²) in [5.41, 5.74) is 4.80. The number of nitrogens with one attached hydrogen (secondary N) is 1. The molecule has 1 unspecified atom stereocenters. The van der Waals surface area contributed by atoms with Crippen molar-refractivity contribution in [1.29, 1.82) is 0 Å². The van der Waals surface area contributed by atoms with Crippen molar-refractivity contribution in [1.82, 2.24) is 10.3 Å². The first-order valence-corrected chi connectivity index (χ1v) is 6.78. The molecule has 20 heavy (non-hydrogen) atoms. The summed E-state index contributed by atoms with van der Waals surface area (Å²) in [6.07, 6.45) is 6.10. The molecule has 0 fully saturated rings. The summed E-state index contributed by atoms with van der Waals surface area (Å²) >= 11 is 0. The number of hydrogen-bond acceptors (Lipinski definition) is 2. The molecule has 3 aromatic rings. The lowest BCUT2D eigenvalue weighted by atomic mass is 9.93. The van der Waals surface area contributed by atoms with Crippen LogP contribution in [0.2, 0.25) is 0 Å². The highest BCUT2D eigenvalue weighted by Gasteiger charge is 2.18. The van der Waals surface area contributed by atoms with Gasteiger partial charge in [-0.2, -0.15) is 0 Å². The van der Waals surface area contributed by atoms with Crippen LogP contribution < -0.4 is 5.32 Å². The molecule has 0 radical (unpaired) electrons. The molecular formula is C18H14N2. The predicted molar refractivity (Wildman–Crippen MR) is 82.2 cm³/mol. The molecule has 0 bridgehead atoms. The largest absolute Gasteiger partial charge is 0.380 e. The van der Waals surface area contributed by atoms with Crippen molar-refractivity contribution in [2.24, 2.45) is 0 Å². The molecule has 2 heteroatoms. The maximum Gasteiger partial charge on any atom is 0.0783 e. The molecule has 1 aliphatic heterocycles.